The molecular formula is C24H27N7O. The fourth-order valence-corrected chi connectivity index (χ4v) is 3.63. The van der Waals surface area contributed by atoms with Gasteiger partial charge in [-0.25, -0.2) is 14.8 Å². The molecule has 32 heavy (non-hydrogen) atoms. The van der Waals surface area contributed by atoms with Crippen molar-refractivity contribution < 1.29 is 4.79 Å². The van der Waals surface area contributed by atoms with E-state index < -0.39 is 6.04 Å². The Labute approximate surface area is 187 Å². The smallest absolute Gasteiger partial charge is 0.320 e. The first kappa shape index (κ1) is 21.3. The highest BCUT2D eigenvalue weighted by molar-refractivity contribution is 5.89. The molecule has 164 valence electrons. The average Bonchev–Trinajstić information content (AvgIpc) is 3.42. The molecule has 0 radical (unpaired) electrons. The summed E-state index contributed by atoms with van der Waals surface area (Å²) in [5.74, 6) is 2.58. The summed E-state index contributed by atoms with van der Waals surface area (Å²) in [4.78, 5) is 21.7. The van der Waals surface area contributed by atoms with Gasteiger partial charge in [0.1, 0.15) is 17.7 Å². The number of amides is 2. The molecule has 1 unspecified atom stereocenters. The minimum atomic E-state index is -0.469. The number of aromatic amines is 1. The van der Waals surface area contributed by atoms with Gasteiger partial charge in [-0.1, -0.05) is 56.3 Å². The maximum atomic E-state index is 12.8. The zero-order chi connectivity index (χ0) is 22.5. The summed E-state index contributed by atoms with van der Waals surface area (Å²) < 4.78 is 2.13. The van der Waals surface area contributed by atoms with E-state index in [4.69, 9.17) is 0 Å². The van der Waals surface area contributed by atoms with Crippen molar-refractivity contribution in [2.75, 3.05) is 5.32 Å². The predicted molar refractivity (Wildman–Crippen MR) is 123 cm³/mol. The second-order valence-corrected chi connectivity index (χ2v) is 7.99. The normalized spacial score (nSPS) is 12.0. The lowest BCUT2D eigenvalue weighted by molar-refractivity contribution is 0.249. The van der Waals surface area contributed by atoms with E-state index in [0.29, 0.717) is 29.8 Å². The van der Waals surface area contributed by atoms with Gasteiger partial charge in [0.25, 0.3) is 0 Å². The highest BCUT2D eigenvalue weighted by Gasteiger charge is 2.21. The van der Waals surface area contributed by atoms with Crippen molar-refractivity contribution in [2.24, 2.45) is 0 Å². The molecule has 0 spiro atoms. The lowest BCUT2D eigenvalue weighted by Gasteiger charge is -2.17. The Hall–Kier alpha value is -3.94. The van der Waals surface area contributed by atoms with Crippen LogP contribution >= 0.6 is 0 Å². The molecule has 8 nitrogen and oxygen atoms in total. The van der Waals surface area contributed by atoms with Gasteiger partial charge in [-0.05, 0) is 30.2 Å². The largest absolute Gasteiger partial charge is 0.330 e. The Morgan fingerprint density at radius 1 is 1.12 bits per heavy atom. The van der Waals surface area contributed by atoms with Crippen LogP contribution in [0.2, 0.25) is 0 Å². The molecule has 1 atom stereocenters. The number of nitrogens with zero attached hydrogens (tertiary/aromatic N) is 4. The maximum absolute atomic E-state index is 12.8. The Morgan fingerprint density at radius 2 is 1.94 bits per heavy atom. The third kappa shape index (κ3) is 5.03. The van der Waals surface area contributed by atoms with Crippen LogP contribution in [0, 0.1) is 6.92 Å². The average molecular weight is 430 g/mol. The van der Waals surface area contributed by atoms with Crippen molar-refractivity contribution in [3.8, 4) is 0 Å². The van der Waals surface area contributed by atoms with E-state index in [0.717, 1.165) is 17.0 Å². The molecule has 8 heteroatoms. The number of carbonyl (C=O) groups excluding carboxylic acids is 1. The van der Waals surface area contributed by atoms with Crippen LogP contribution in [0.15, 0.2) is 67.0 Å². The van der Waals surface area contributed by atoms with Crippen molar-refractivity contribution in [1.29, 1.82) is 0 Å². The zero-order valence-electron chi connectivity index (χ0n) is 18.4. The topological polar surface area (TPSA) is 101 Å². The maximum Gasteiger partial charge on any atom is 0.320 e. The molecule has 0 saturated carbocycles. The molecule has 0 fully saturated rings. The van der Waals surface area contributed by atoms with Crippen LogP contribution in [0.1, 0.15) is 54.4 Å². The summed E-state index contributed by atoms with van der Waals surface area (Å²) in [6, 6.07) is 16.7. The molecule has 2 aromatic carbocycles. The van der Waals surface area contributed by atoms with Crippen LogP contribution in [0.4, 0.5) is 10.5 Å². The summed E-state index contributed by atoms with van der Waals surface area (Å²) >= 11 is 0. The number of carbonyl (C=O) groups is 1. The van der Waals surface area contributed by atoms with Gasteiger partial charge in [-0.2, -0.15) is 5.10 Å². The number of aryl methyl sites for hydroxylation is 1. The van der Waals surface area contributed by atoms with Gasteiger partial charge >= 0.3 is 6.03 Å². The first-order valence-corrected chi connectivity index (χ1v) is 10.6. The number of anilines is 1. The minimum absolute atomic E-state index is 0.330. The Kier molecular flexibility index (Phi) is 6.30. The van der Waals surface area contributed by atoms with Crippen LogP contribution < -0.4 is 10.6 Å². The molecule has 4 rings (SSSR count). The molecule has 3 N–H and O–H groups in total. The molecule has 0 aliphatic rings. The molecular weight excluding hydrogens is 402 g/mol. The number of H-pyrrole nitrogens is 1. The number of nitrogens with one attached hydrogen (secondary N) is 3. The second-order valence-electron chi connectivity index (χ2n) is 7.99. The first-order valence-electron chi connectivity index (χ1n) is 10.6. The lowest BCUT2D eigenvalue weighted by atomic mass is 10.1. The Balaban J connectivity index is 1.48. The molecule has 0 aliphatic carbocycles. The number of imidazole rings is 1. The van der Waals surface area contributed by atoms with Gasteiger partial charge < -0.3 is 15.2 Å². The van der Waals surface area contributed by atoms with Crippen LogP contribution in [0.5, 0.6) is 0 Å². The van der Waals surface area contributed by atoms with Crippen molar-refractivity contribution in [1.82, 2.24) is 30.0 Å². The minimum Gasteiger partial charge on any atom is -0.330 e. The molecule has 0 bridgehead atoms. The number of benzene rings is 2. The van der Waals surface area contributed by atoms with Gasteiger partial charge in [0.05, 0.1) is 0 Å². The number of hydrogen-bond donors (Lipinski definition) is 3. The monoisotopic (exact) mass is 429 g/mol. The summed E-state index contributed by atoms with van der Waals surface area (Å²) in [7, 11) is 0. The van der Waals surface area contributed by atoms with Crippen LogP contribution in [-0.2, 0) is 6.54 Å². The standard InChI is InChI=1S/C24H27N7O/c1-16(2)23-25-12-13-31(23)15-18-8-7-11-20(14-18)27-24(32)28-21(19-9-5-4-6-10-19)22-26-17(3)29-30-22/h4-14,16,21H,15H2,1-3H3,(H,26,29,30)(H2,27,28,32). The Morgan fingerprint density at radius 3 is 2.66 bits per heavy atom. The van der Waals surface area contributed by atoms with E-state index in [-0.39, 0.29) is 6.03 Å². The van der Waals surface area contributed by atoms with E-state index >= 15 is 0 Å². The number of hydrogen-bond acceptors (Lipinski definition) is 4. The first-order chi connectivity index (χ1) is 15.5. The molecule has 0 aliphatic heterocycles. The van der Waals surface area contributed by atoms with E-state index in [9.17, 15) is 4.79 Å². The van der Waals surface area contributed by atoms with E-state index in [1.807, 2.05) is 73.9 Å². The van der Waals surface area contributed by atoms with Crippen LogP contribution in [-0.4, -0.2) is 30.8 Å². The van der Waals surface area contributed by atoms with Gasteiger partial charge in [-0.15, -0.1) is 0 Å². The molecule has 2 aromatic heterocycles. The van der Waals surface area contributed by atoms with Gasteiger partial charge in [0.2, 0.25) is 0 Å². The van der Waals surface area contributed by atoms with E-state index in [2.05, 4.69) is 49.2 Å². The van der Waals surface area contributed by atoms with Crippen molar-refractivity contribution >= 4 is 11.7 Å². The van der Waals surface area contributed by atoms with Crippen LogP contribution in [0.3, 0.4) is 0 Å². The quantitative estimate of drug-likeness (QED) is 0.405. The zero-order valence-corrected chi connectivity index (χ0v) is 18.4. The SMILES string of the molecule is Cc1nc(C(NC(=O)Nc2cccc(Cn3ccnc3C(C)C)c2)c2ccccc2)n[nH]1. The fourth-order valence-electron chi connectivity index (χ4n) is 3.63. The van der Waals surface area contributed by atoms with Crippen LogP contribution in [0.25, 0.3) is 0 Å². The third-order valence-electron chi connectivity index (χ3n) is 5.08. The number of urea groups is 1. The summed E-state index contributed by atoms with van der Waals surface area (Å²) in [6.07, 6.45) is 3.80. The fraction of sp³-hybridized carbons (Fsp3) is 0.250. The van der Waals surface area contributed by atoms with E-state index in [1.165, 1.54) is 0 Å². The molecule has 2 heterocycles. The highest BCUT2D eigenvalue weighted by Crippen LogP contribution is 2.20. The molecule has 2 amide bonds. The molecule has 0 saturated heterocycles. The van der Waals surface area contributed by atoms with Crippen molar-refractivity contribution in [2.45, 2.75) is 39.3 Å². The van der Waals surface area contributed by atoms with Crippen molar-refractivity contribution in [3.63, 3.8) is 0 Å². The lowest BCUT2D eigenvalue weighted by Crippen LogP contribution is -2.33. The number of aromatic nitrogens is 5. The second kappa shape index (κ2) is 9.47. The summed E-state index contributed by atoms with van der Waals surface area (Å²) in [5.41, 5.74) is 2.69. The van der Waals surface area contributed by atoms with Gasteiger partial charge in [0, 0.05) is 30.5 Å². The summed E-state index contributed by atoms with van der Waals surface area (Å²) in [6.45, 7) is 6.77. The van der Waals surface area contributed by atoms with E-state index in [1.54, 1.807) is 0 Å². The predicted octanol–water partition coefficient (Wildman–Crippen LogP) is 4.39. The van der Waals surface area contributed by atoms with Gasteiger partial charge in [-0.3, -0.25) is 5.10 Å². The summed E-state index contributed by atoms with van der Waals surface area (Å²) in [5, 5.41) is 13.0. The van der Waals surface area contributed by atoms with Crippen molar-refractivity contribution in [3.05, 3.63) is 95.6 Å². The third-order valence-corrected chi connectivity index (χ3v) is 5.08. The highest BCUT2D eigenvalue weighted by atomic mass is 16.2. The molecule has 4 aromatic rings. The van der Waals surface area contributed by atoms with Gasteiger partial charge in [0.15, 0.2) is 5.82 Å². The Bertz CT molecular complexity index is 1180. The number of rotatable bonds is 7.